The predicted octanol–water partition coefficient (Wildman–Crippen LogP) is 3.39. The van der Waals surface area contributed by atoms with E-state index in [-0.39, 0.29) is 5.41 Å². The molecule has 14 heavy (non-hydrogen) atoms. The van der Waals surface area contributed by atoms with E-state index < -0.39 is 0 Å². The lowest BCUT2D eigenvalue weighted by atomic mass is 9.88. The molecule has 0 saturated carbocycles. The lowest BCUT2D eigenvalue weighted by Crippen LogP contribution is -2.05. The second kappa shape index (κ2) is 3.12. The van der Waals surface area contributed by atoms with Crippen LogP contribution < -0.4 is 0 Å². The van der Waals surface area contributed by atoms with E-state index in [4.69, 9.17) is 4.42 Å². The lowest BCUT2D eigenvalue weighted by Gasteiger charge is -2.17. The molecule has 1 aromatic heterocycles. The largest absolute Gasteiger partial charge is 0.444 e. The van der Waals surface area contributed by atoms with E-state index in [0.717, 1.165) is 11.5 Å². The van der Waals surface area contributed by atoms with Crippen LogP contribution in [0.5, 0.6) is 0 Å². The van der Waals surface area contributed by atoms with Crippen molar-refractivity contribution in [3.8, 4) is 0 Å². The molecule has 74 valence electrons. The first-order chi connectivity index (χ1) is 6.58. The number of fused-ring (bicyclic) bond motifs is 1. The van der Waals surface area contributed by atoms with Crippen molar-refractivity contribution in [2.24, 2.45) is 5.41 Å². The second-order valence-corrected chi connectivity index (χ2v) is 4.40. The summed E-state index contributed by atoms with van der Waals surface area (Å²) in [6, 6.07) is 0. The van der Waals surface area contributed by atoms with Crippen LogP contribution in [0.1, 0.15) is 38.1 Å². The van der Waals surface area contributed by atoms with E-state index in [0.29, 0.717) is 5.92 Å². The van der Waals surface area contributed by atoms with Crippen LogP contribution in [0.3, 0.4) is 0 Å². The summed E-state index contributed by atoms with van der Waals surface area (Å²) >= 11 is 0. The van der Waals surface area contributed by atoms with Crippen molar-refractivity contribution in [2.45, 2.75) is 26.7 Å². The molecule has 0 amide bonds. The Morgan fingerprint density at radius 2 is 2.14 bits per heavy atom. The summed E-state index contributed by atoms with van der Waals surface area (Å²) < 4.78 is 5.32. The molecule has 0 saturated heterocycles. The zero-order valence-electron chi connectivity index (χ0n) is 8.82. The molecule has 0 aliphatic heterocycles. The van der Waals surface area contributed by atoms with E-state index in [1.807, 2.05) is 6.08 Å². The van der Waals surface area contributed by atoms with Gasteiger partial charge in [0, 0.05) is 11.3 Å². The van der Waals surface area contributed by atoms with Gasteiger partial charge < -0.3 is 4.42 Å². The van der Waals surface area contributed by atoms with Crippen molar-refractivity contribution in [1.82, 2.24) is 4.98 Å². The first-order valence-electron chi connectivity index (χ1n) is 4.90. The normalized spacial score (nSPS) is 28.6. The van der Waals surface area contributed by atoms with Gasteiger partial charge >= 0.3 is 0 Å². The molecule has 1 aliphatic rings. The van der Waals surface area contributed by atoms with Gasteiger partial charge in [0.2, 0.25) is 0 Å². The molecule has 1 unspecified atom stereocenters. The zero-order chi connectivity index (χ0) is 10.2. The minimum Gasteiger partial charge on any atom is -0.444 e. The van der Waals surface area contributed by atoms with Gasteiger partial charge in [-0.1, -0.05) is 39.0 Å². The molecule has 0 aromatic carbocycles. The molecule has 2 nitrogen and oxygen atoms in total. The molecule has 1 aliphatic carbocycles. The summed E-state index contributed by atoms with van der Waals surface area (Å²) in [6.45, 7) is 6.48. The molecule has 2 heteroatoms. The summed E-state index contributed by atoms with van der Waals surface area (Å²) in [6.07, 6.45) is 10.1. The monoisotopic (exact) mass is 189 g/mol. The Kier molecular flexibility index (Phi) is 2.06. The number of rotatable bonds is 0. The number of hydrogen-bond acceptors (Lipinski definition) is 2. The van der Waals surface area contributed by atoms with E-state index in [9.17, 15) is 0 Å². The fraction of sp³-hybridized carbons (Fsp3) is 0.417. The molecule has 1 atom stereocenters. The average molecular weight is 189 g/mol. The van der Waals surface area contributed by atoms with Crippen LogP contribution in [0.25, 0.3) is 6.08 Å². The minimum absolute atomic E-state index is 0.0960. The Morgan fingerprint density at radius 3 is 2.93 bits per heavy atom. The van der Waals surface area contributed by atoms with Crippen molar-refractivity contribution < 1.29 is 4.42 Å². The van der Waals surface area contributed by atoms with Crippen LogP contribution in [0.4, 0.5) is 0 Å². The number of oxazole rings is 1. The van der Waals surface area contributed by atoms with Gasteiger partial charge in [-0.05, 0) is 6.08 Å². The summed E-state index contributed by atoms with van der Waals surface area (Å²) in [5, 5.41) is 0. The Bertz CT molecular complexity index is 385. The number of aromatic nitrogens is 1. The van der Waals surface area contributed by atoms with Gasteiger partial charge in [-0.3, -0.25) is 0 Å². The van der Waals surface area contributed by atoms with Gasteiger partial charge in [-0.2, -0.15) is 0 Å². The number of allylic oxidation sites excluding steroid dienone is 3. The maximum atomic E-state index is 5.32. The Morgan fingerprint density at radius 1 is 1.36 bits per heavy atom. The van der Waals surface area contributed by atoms with Crippen LogP contribution >= 0.6 is 0 Å². The number of hydrogen-bond donors (Lipinski definition) is 0. The number of nitrogens with zero attached hydrogens (tertiary/aromatic N) is 1. The van der Waals surface area contributed by atoms with Gasteiger partial charge in [0.05, 0.1) is 5.69 Å². The van der Waals surface area contributed by atoms with Crippen molar-refractivity contribution in [3.63, 3.8) is 0 Å². The highest BCUT2D eigenvalue weighted by Gasteiger charge is 2.17. The molecule has 2 rings (SSSR count). The average Bonchev–Trinajstić information content (AvgIpc) is 2.57. The highest BCUT2D eigenvalue weighted by molar-refractivity contribution is 5.49. The van der Waals surface area contributed by atoms with Gasteiger partial charge in [-0.25, -0.2) is 4.98 Å². The minimum atomic E-state index is 0.0960. The molecule has 0 fully saturated rings. The first-order valence-corrected chi connectivity index (χ1v) is 4.90. The zero-order valence-corrected chi connectivity index (χ0v) is 8.82. The van der Waals surface area contributed by atoms with Crippen LogP contribution in [-0.4, -0.2) is 4.98 Å². The van der Waals surface area contributed by atoms with Crippen molar-refractivity contribution in [3.05, 3.63) is 36.1 Å². The van der Waals surface area contributed by atoms with Crippen LogP contribution in [-0.2, 0) is 0 Å². The fourth-order valence-electron chi connectivity index (χ4n) is 1.56. The maximum Gasteiger partial charge on any atom is 0.181 e. The summed E-state index contributed by atoms with van der Waals surface area (Å²) in [5.74, 6) is 1.21. The highest BCUT2D eigenvalue weighted by Crippen LogP contribution is 2.29. The van der Waals surface area contributed by atoms with Crippen LogP contribution in [0, 0.1) is 5.41 Å². The third-order valence-corrected chi connectivity index (χ3v) is 2.53. The van der Waals surface area contributed by atoms with E-state index in [1.54, 1.807) is 0 Å². The smallest absolute Gasteiger partial charge is 0.181 e. The topological polar surface area (TPSA) is 26.0 Å². The van der Waals surface area contributed by atoms with Crippen molar-refractivity contribution >= 4 is 6.08 Å². The Hall–Kier alpha value is -1.31. The molecule has 1 aromatic rings. The van der Waals surface area contributed by atoms with Crippen LogP contribution in [0.2, 0.25) is 0 Å². The molecule has 0 bridgehead atoms. The van der Waals surface area contributed by atoms with Gasteiger partial charge in [-0.15, -0.1) is 0 Å². The van der Waals surface area contributed by atoms with Gasteiger partial charge in [0.1, 0.15) is 0 Å². The standard InChI is InChI=1S/C12H15NO/c1-9-4-6-12(2,3)7-5-10-11(9)13-8-14-10/h4-9H,1-3H3/b6-4-,7-5-. The van der Waals surface area contributed by atoms with Gasteiger partial charge in [0.15, 0.2) is 12.2 Å². The van der Waals surface area contributed by atoms with Crippen molar-refractivity contribution in [1.29, 1.82) is 0 Å². The van der Waals surface area contributed by atoms with E-state index >= 15 is 0 Å². The Balaban J connectivity index is 2.48. The van der Waals surface area contributed by atoms with Crippen molar-refractivity contribution in [2.75, 3.05) is 0 Å². The third-order valence-electron chi connectivity index (χ3n) is 2.53. The molecule has 1 heterocycles. The van der Waals surface area contributed by atoms with Gasteiger partial charge in [0.25, 0.3) is 0 Å². The fourth-order valence-corrected chi connectivity index (χ4v) is 1.56. The quantitative estimate of drug-likeness (QED) is 0.585. The first kappa shape index (κ1) is 9.25. The molecular weight excluding hydrogens is 174 g/mol. The SMILES string of the molecule is CC1/C=C\C(C)(C)/C=C\c2ocnc21. The summed E-state index contributed by atoms with van der Waals surface area (Å²) in [7, 11) is 0. The summed E-state index contributed by atoms with van der Waals surface area (Å²) in [5.41, 5.74) is 1.12. The maximum absolute atomic E-state index is 5.32. The molecule has 0 N–H and O–H groups in total. The summed E-state index contributed by atoms with van der Waals surface area (Å²) in [4.78, 5) is 4.22. The Labute approximate surface area is 84.3 Å². The second-order valence-electron chi connectivity index (χ2n) is 4.40. The lowest BCUT2D eigenvalue weighted by molar-refractivity contribution is 0.542. The predicted molar refractivity (Wildman–Crippen MR) is 56.9 cm³/mol. The highest BCUT2D eigenvalue weighted by atomic mass is 16.3. The molecule has 0 radical (unpaired) electrons. The van der Waals surface area contributed by atoms with Crippen LogP contribution in [0.15, 0.2) is 29.0 Å². The van der Waals surface area contributed by atoms with E-state index in [2.05, 4.69) is 44.0 Å². The molecule has 0 spiro atoms. The third kappa shape index (κ3) is 1.65. The van der Waals surface area contributed by atoms with E-state index in [1.165, 1.54) is 6.39 Å². The molecular formula is C12H15NO.